The van der Waals surface area contributed by atoms with E-state index in [9.17, 15) is 14.0 Å². The normalized spacial score (nSPS) is 14.8. The fourth-order valence-corrected chi connectivity index (χ4v) is 4.71. The molecule has 4 aromatic rings. The van der Waals surface area contributed by atoms with E-state index in [4.69, 9.17) is 11.6 Å². The summed E-state index contributed by atoms with van der Waals surface area (Å²) in [5.41, 5.74) is 3.86. The number of piperazine rings is 1. The van der Waals surface area contributed by atoms with E-state index in [1.54, 1.807) is 13.1 Å². The number of hydrogen-bond acceptors (Lipinski definition) is 6. The molecule has 4 heterocycles. The molecule has 0 atom stereocenters. The summed E-state index contributed by atoms with van der Waals surface area (Å²) in [7, 11) is 1.55. The standard InChI is InChI=1S/C23H23ClFN7O2/c1-13-14(3-5-17-19(13)29-23(34)20-15(25)11-27-32(17)20)12-30-7-9-31(10-8-30)18-6-4-16(22(33)26-2)28-21(18)24/h3-6,11H,7-10,12H2,1-2H3,(H,26,33)(H,29,34). The van der Waals surface area contributed by atoms with Crippen molar-refractivity contribution in [2.75, 3.05) is 38.1 Å². The first-order valence-corrected chi connectivity index (χ1v) is 11.3. The quantitative estimate of drug-likeness (QED) is 0.432. The fraction of sp³-hybridized carbons (Fsp3) is 0.304. The topological polar surface area (TPSA) is 98.6 Å². The maximum atomic E-state index is 13.9. The van der Waals surface area contributed by atoms with E-state index < -0.39 is 11.4 Å². The van der Waals surface area contributed by atoms with E-state index in [-0.39, 0.29) is 17.1 Å². The molecule has 1 aromatic carbocycles. The average Bonchev–Trinajstić information content (AvgIpc) is 3.23. The van der Waals surface area contributed by atoms with Gasteiger partial charge in [-0.05, 0) is 36.2 Å². The first kappa shape index (κ1) is 22.3. The van der Waals surface area contributed by atoms with Gasteiger partial charge in [0, 0.05) is 39.8 Å². The van der Waals surface area contributed by atoms with Gasteiger partial charge >= 0.3 is 0 Å². The van der Waals surface area contributed by atoms with Crippen molar-refractivity contribution < 1.29 is 9.18 Å². The van der Waals surface area contributed by atoms with Gasteiger partial charge in [-0.25, -0.2) is 13.9 Å². The summed E-state index contributed by atoms with van der Waals surface area (Å²) >= 11 is 6.36. The molecular weight excluding hydrogens is 461 g/mol. The maximum Gasteiger partial charge on any atom is 0.277 e. The summed E-state index contributed by atoms with van der Waals surface area (Å²) in [6, 6.07) is 7.37. The van der Waals surface area contributed by atoms with Crippen molar-refractivity contribution in [2.24, 2.45) is 0 Å². The first-order chi connectivity index (χ1) is 16.4. The zero-order chi connectivity index (χ0) is 24.0. The van der Waals surface area contributed by atoms with Crippen LogP contribution in [0.5, 0.6) is 0 Å². The van der Waals surface area contributed by atoms with Crippen molar-refractivity contribution in [1.29, 1.82) is 0 Å². The van der Waals surface area contributed by atoms with Gasteiger partial charge in [-0.3, -0.25) is 14.5 Å². The number of benzene rings is 1. The molecule has 1 aliphatic rings. The molecule has 1 fully saturated rings. The number of anilines is 1. The minimum atomic E-state index is -0.638. The van der Waals surface area contributed by atoms with Gasteiger partial charge in [0.1, 0.15) is 5.69 Å². The molecule has 9 nitrogen and oxygen atoms in total. The highest BCUT2D eigenvalue weighted by atomic mass is 35.5. The Bertz CT molecular complexity index is 1470. The zero-order valence-corrected chi connectivity index (χ0v) is 19.5. The molecular formula is C23H23ClFN7O2. The van der Waals surface area contributed by atoms with Crippen LogP contribution in [0.15, 0.2) is 35.3 Å². The molecule has 1 aliphatic heterocycles. The highest BCUT2D eigenvalue weighted by Crippen LogP contribution is 2.26. The molecule has 0 unspecified atom stereocenters. The Morgan fingerprint density at radius 2 is 1.97 bits per heavy atom. The molecule has 5 rings (SSSR count). The van der Waals surface area contributed by atoms with Crippen molar-refractivity contribution >= 4 is 39.7 Å². The number of aromatic amines is 1. The van der Waals surface area contributed by atoms with Crippen molar-refractivity contribution in [2.45, 2.75) is 13.5 Å². The second-order valence-electron chi connectivity index (χ2n) is 8.30. The van der Waals surface area contributed by atoms with Crippen LogP contribution in [0.2, 0.25) is 5.15 Å². The number of amides is 1. The van der Waals surface area contributed by atoms with Gasteiger partial charge < -0.3 is 15.2 Å². The molecule has 1 saturated heterocycles. The number of hydrogen-bond donors (Lipinski definition) is 2. The van der Waals surface area contributed by atoms with E-state index in [0.717, 1.165) is 49.2 Å². The maximum absolute atomic E-state index is 13.9. The SMILES string of the molecule is CNC(=O)c1ccc(N2CCN(Cc3ccc4c([nH]c(=O)c5c(F)cnn54)c3C)CC2)c(Cl)n1. The van der Waals surface area contributed by atoms with Crippen molar-refractivity contribution in [3.8, 4) is 0 Å². The van der Waals surface area contributed by atoms with Crippen LogP contribution in [0.25, 0.3) is 16.6 Å². The number of carbonyl (C=O) groups excluding carboxylic acids is 1. The molecule has 0 radical (unpaired) electrons. The highest BCUT2D eigenvalue weighted by Gasteiger charge is 2.22. The van der Waals surface area contributed by atoms with Crippen LogP contribution in [0.4, 0.5) is 10.1 Å². The van der Waals surface area contributed by atoms with Crippen LogP contribution in [-0.2, 0) is 6.54 Å². The van der Waals surface area contributed by atoms with Crippen LogP contribution in [-0.4, -0.2) is 63.6 Å². The van der Waals surface area contributed by atoms with Crippen LogP contribution < -0.4 is 15.8 Å². The lowest BCUT2D eigenvalue weighted by Crippen LogP contribution is -2.46. The minimum Gasteiger partial charge on any atom is -0.366 e. The van der Waals surface area contributed by atoms with E-state index in [1.807, 2.05) is 25.1 Å². The Labute approximate surface area is 199 Å². The predicted octanol–water partition coefficient (Wildman–Crippen LogP) is 2.35. The lowest BCUT2D eigenvalue weighted by Gasteiger charge is -2.36. The van der Waals surface area contributed by atoms with Gasteiger partial charge in [-0.1, -0.05) is 17.7 Å². The van der Waals surface area contributed by atoms with Crippen LogP contribution in [0.3, 0.4) is 0 Å². The zero-order valence-electron chi connectivity index (χ0n) is 18.7. The Kier molecular flexibility index (Phi) is 5.70. The van der Waals surface area contributed by atoms with Gasteiger partial charge in [-0.2, -0.15) is 5.10 Å². The van der Waals surface area contributed by atoms with E-state index in [1.165, 1.54) is 4.52 Å². The molecule has 0 bridgehead atoms. The number of H-pyrrole nitrogens is 1. The van der Waals surface area contributed by atoms with Gasteiger partial charge in [-0.15, -0.1) is 0 Å². The smallest absolute Gasteiger partial charge is 0.277 e. The molecule has 0 spiro atoms. The largest absolute Gasteiger partial charge is 0.366 e. The van der Waals surface area contributed by atoms with E-state index >= 15 is 0 Å². The van der Waals surface area contributed by atoms with E-state index in [0.29, 0.717) is 22.7 Å². The lowest BCUT2D eigenvalue weighted by atomic mass is 10.1. The highest BCUT2D eigenvalue weighted by molar-refractivity contribution is 6.32. The number of rotatable bonds is 4. The molecule has 34 heavy (non-hydrogen) atoms. The lowest BCUT2D eigenvalue weighted by molar-refractivity contribution is 0.0958. The Morgan fingerprint density at radius 1 is 1.21 bits per heavy atom. The summed E-state index contributed by atoms with van der Waals surface area (Å²) in [6.07, 6.45) is 1.06. The number of pyridine rings is 1. The summed E-state index contributed by atoms with van der Waals surface area (Å²) < 4.78 is 15.3. The van der Waals surface area contributed by atoms with Crippen LogP contribution in [0.1, 0.15) is 21.6 Å². The number of nitrogens with one attached hydrogen (secondary N) is 2. The van der Waals surface area contributed by atoms with E-state index in [2.05, 4.69) is 30.2 Å². The van der Waals surface area contributed by atoms with Crippen LogP contribution >= 0.6 is 11.6 Å². The number of nitrogens with zero attached hydrogens (tertiary/aromatic N) is 5. The Balaban J connectivity index is 1.32. The first-order valence-electron chi connectivity index (χ1n) is 10.9. The third kappa shape index (κ3) is 3.78. The molecule has 0 aliphatic carbocycles. The molecule has 11 heteroatoms. The number of aromatic nitrogens is 4. The molecule has 2 N–H and O–H groups in total. The minimum absolute atomic E-state index is 0.0766. The van der Waals surface area contributed by atoms with Crippen LogP contribution in [0, 0.1) is 12.7 Å². The monoisotopic (exact) mass is 483 g/mol. The summed E-state index contributed by atoms with van der Waals surface area (Å²) in [5.74, 6) is -0.912. The predicted molar refractivity (Wildman–Crippen MR) is 128 cm³/mol. The third-order valence-corrected chi connectivity index (χ3v) is 6.64. The number of fused-ring (bicyclic) bond motifs is 3. The van der Waals surface area contributed by atoms with Crippen molar-refractivity contribution in [3.05, 3.63) is 68.6 Å². The summed E-state index contributed by atoms with van der Waals surface area (Å²) in [5, 5.41) is 6.88. The molecule has 176 valence electrons. The number of halogens is 2. The number of carbonyl (C=O) groups is 1. The van der Waals surface area contributed by atoms with Gasteiger partial charge in [0.05, 0.1) is 22.9 Å². The average molecular weight is 484 g/mol. The summed E-state index contributed by atoms with van der Waals surface area (Å²) in [4.78, 5) is 35.7. The Hall–Kier alpha value is -3.50. The second-order valence-corrected chi connectivity index (χ2v) is 8.66. The summed E-state index contributed by atoms with van der Waals surface area (Å²) in [6.45, 7) is 5.81. The van der Waals surface area contributed by atoms with Crippen molar-refractivity contribution in [3.63, 3.8) is 0 Å². The van der Waals surface area contributed by atoms with Gasteiger partial charge in [0.2, 0.25) is 0 Å². The molecule has 0 saturated carbocycles. The van der Waals surface area contributed by atoms with Crippen molar-refractivity contribution in [1.82, 2.24) is 29.8 Å². The van der Waals surface area contributed by atoms with Gasteiger partial charge in [0.15, 0.2) is 16.5 Å². The number of aryl methyl sites for hydroxylation is 1. The second kappa shape index (κ2) is 8.69. The Morgan fingerprint density at radius 3 is 2.68 bits per heavy atom. The third-order valence-electron chi connectivity index (χ3n) is 6.36. The van der Waals surface area contributed by atoms with Gasteiger partial charge in [0.25, 0.3) is 11.5 Å². The molecule has 1 amide bonds. The fourth-order valence-electron chi connectivity index (χ4n) is 4.44. The molecule has 3 aromatic heterocycles.